The molecule has 3 fully saturated rings. The van der Waals surface area contributed by atoms with E-state index in [9.17, 15) is 4.79 Å². The molecule has 1 amide bonds. The van der Waals surface area contributed by atoms with Crippen LogP contribution in [0.1, 0.15) is 37.3 Å². The quantitative estimate of drug-likeness (QED) is 0.467. The van der Waals surface area contributed by atoms with Crippen molar-refractivity contribution in [1.82, 2.24) is 24.5 Å². The molecule has 1 aromatic carbocycles. The Labute approximate surface area is 196 Å². The summed E-state index contributed by atoms with van der Waals surface area (Å²) in [5.41, 5.74) is 1.95. The number of carbonyl (C=O) groups is 1. The van der Waals surface area contributed by atoms with Crippen LogP contribution in [0.15, 0.2) is 65.7 Å². The number of rotatable bonds is 3. The van der Waals surface area contributed by atoms with Gasteiger partial charge in [-0.1, -0.05) is 30.3 Å². The molecule has 3 aromatic heterocycles. The molecule has 3 aliphatic rings. The molecule has 172 valence electrons. The maximum Gasteiger partial charge on any atom is 0.257 e. The van der Waals surface area contributed by atoms with Crippen molar-refractivity contribution in [2.75, 3.05) is 18.0 Å². The predicted octanol–water partition coefficient (Wildman–Crippen LogP) is 3.44. The van der Waals surface area contributed by atoms with Gasteiger partial charge in [-0.3, -0.25) is 4.79 Å². The largest absolute Gasteiger partial charge is 0.444 e. The monoisotopic (exact) mass is 456 g/mol. The third kappa shape index (κ3) is 2.83. The standard InChI is InChI=1S/C25H24N6O3/c32-24-25(34-21-9-7-19(30(21)24)17-4-2-1-3-5-17)10-13-29(14-11-25)20-8-6-18(23-26-12-15-33-23)22-27-16-28-31(20)22/h1-6,8,12,15-16,19,21H,7,9-11,13-14H2/t19-,21+/m0/s1. The lowest BCUT2D eigenvalue weighted by Gasteiger charge is -2.38. The maximum atomic E-state index is 13.7. The van der Waals surface area contributed by atoms with E-state index in [4.69, 9.17) is 9.15 Å². The zero-order valence-corrected chi connectivity index (χ0v) is 18.6. The van der Waals surface area contributed by atoms with Gasteiger partial charge in [-0.2, -0.15) is 9.61 Å². The molecular formula is C25H24N6O3. The van der Waals surface area contributed by atoms with Crippen LogP contribution in [0.3, 0.4) is 0 Å². The van der Waals surface area contributed by atoms with Gasteiger partial charge in [0.05, 0.1) is 17.8 Å². The van der Waals surface area contributed by atoms with Gasteiger partial charge in [0.15, 0.2) is 11.2 Å². The van der Waals surface area contributed by atoms with Crippen LogP contribution in [-0.2, 0) is 9.53 Å². The predicted molar refractivity (Wildman–Crippen MR) is 123 cm³/mol. The summed E-state index contributed by atoms with van der Waals surface area (Å²) in [6.07, 6.45) is 7.72. The average molecular weight is 457 g/mol. The van der Waals surface area contributed by atoms with E-state index in [2.05, 4.69) is 32.1 Å². The lowest BCUT2D eigenvalue weighted by atomic mass is 9.89. The number of oxazole rings is 1. The van der Waals surface area contributed by atoms with Crippen LogP contribution < -0.4 is 4.90 Å². The first kappa shape index (κ1) is 19.7. The fourth-order valence-electron chi connectivity index (χ4n) is 5.80. The van der Waals surface area contributed by atoms with Gasteiger partial charge in [-0.05, 0) is 30.5 Å². The van der Waals surface area contributed by atoms with Gasteiger partial charge in [0, 0.05) is 25.9 Å². The Balaban J connectivity index is 1.13. The van der Waals surface area contributed by atoms with Crippen LogP contribution in [0.25, 0.3) is 17.1 Å². The van der Waals surface area contributed by atoms with Crippen molar-refractivity contribution >= 4 is 17.4 Å². The molecule has 4 aromatic rings. The minimum absolute atomic E-state index is 0.105. The summed E-state index contributed by atoms with van der Waals surface area (Å²) in [5.74, 6) is 1.60. The number of nitrogens with zero attached hydrogens (tertiary/aromatic N) is 6. The highest BCUT2D eigenvalue weighted by atomic mass is 16.6. The van der Waals surface area contributed by atoms with Gasteiger partial charge in [-0.25, -0.2) is 9.97 Å². The number of benzene rings is 1. The van der Waals surface area contributed by atoms with Crippen molar-refractivity contribution in [3.05, 3.63) is 66.8 Å². The summed E-state index contributed by atoms with van der Waals surface area (Å²) in [4.78, 5) is 26.6. The van der Waals surface area contributed by atoms with Gasteiger partial charge in [0.2, 0.25) is 5.89 Å². The van der Waals surface area contributed by atoms with Gasteiger partial charge in [-0.15, -0.1) is 0 Å². The van der Waals surface area contributed by atoms with Gasteiger partial charge < -0.3 is 19.0 Å². The summed E-state index contributed by atoms with van der Waals surface area (Å²) in [6, 6.07) is 14.4. The molecule has 0 radical (unpaired) electrons. The summed E-state index contributed by atoms with van der Waals surface area (Å²) in [7, 11) is 0. The van der Waals surface area contributed by atoms with Gasteiger partial charge in [0.25, 0.3) is 5.91 Å². The highest BCUT2D eigenvalue weighted by molar-refractivity contribution is 5.88. The third-order valence-electron chi connectivity index (χ3n) is 7.47. The molecule has 3 saturated heterocycles. The number of piperidine rings is 1. The van der Waals surface area contributed by atoms with E-state index >= 15 is 0 Å². The van der Waals surface area contributed by atoms with Crippen molar-refractivity contribution in [3.63, 3.8) is 0 Å². The maximum absolute atomic E-state index is 13.7. The van der Waals surface area contributed by atoms with Gasteiger partial charge >= 0.3 is 0 Å². The number of aromatic nitrogens is 4. The van der Waals surface area contributed by atoms with E-state index in [-0.39, 0.29) is 18.2 Å². The number of carbonyl (C=O) groups excluding carboxylic acids is 1. The molecular weight excluding hydrogens is 432 g/mol. The number of hydrogen-bond acceptors (Lipinski definition) is 7. The van der Waals surface area contributed by atoms with E-state index < -0.39 is 5.60 Å². The van der Waals surface area contributed by atoms with Crippen LogP contribution in [0.4, 0.5) is 5.82 Å². The first-order valence-corrected chi connectivity index (χ1v) is 11.8. The van der Waals surface area contributed by atoms with Crippen LogP contribution in [0, 0.1) is 0 Å². The number of amides is 1. The first-order valence-electron chi connectivity index (χ1n) is 11.8. The highest BCUT2D eigenvalue weighted by Gasteiger charge is 2.58. The molecule has 0 aliphatic carbocycles. The van der Waals surface area contributed by atoms with Crippen LogP contribution in [-0.4, -0.2) is 55.3 Å². The SMILES string of the molecule is O=C1N2[C@@H](CC[C@H]2c2ccccc2)OC12CCN(c1ccc(-c3ncco3)c3ncnn13)CC2. The average Bonchev–Trinajstić information content (AvgIpc) is 3.67. The van der Waals surface area contributed by atoms with Crippen molar-refractivity contribution in [2.45, 2.75) is 43.6 Å². The number of anilines is 1. The Morgan fingerprint density at radius 3 is 2.65 bits per heavy atom. The molecule has 0 bridgehead atoms. The normalized spacial score (nSPS) is 23.8. The number of fused-ring (bicyclic) bond motifs is 2. The second-order valence-electron chi connectivity index (χ2n) is 9.21. The Hall–Kier alpha value is -3.72. The van der Waals surface area contributed by atoms with Crippen LogP contribution >= 0.6 is 0 Å². The fraction of sp³-hybridized carbons (Fsp3) is 0.360. The molecule has 1 spiro atoms. The summed E-state index contributed by atoms with van der Waals surface area (Å²) < 4.78 is 13.8. The van der Waals surface area contributed by atoms with Crippen molar-refractivity contribution in [3.8, 4) is 11.5 Å². The Morgan fingerprint density at radius 1 is 1.00 bits per heavy atom. The Bertz CT molecular complexity index is 1340. The van der Waals surface area contributed by atoms with Crippen molar-refractivity contribution in [2.24, 2.45) is 0 Å². The van der Waals surface area contributed by atoms with E-state index in [1.807, 2.05) is 39.7 Å². The molecule has 0 unspecified atom stereocenters. The Morgan fingerprint density at radius 2 is 1.85 bits per heavy atom. The van der Waals surface area contributed by atoms with E-state index in [0.717, 1.165) is 24.2 Å². The second kappa shape index (κ2) is 7.39. The minimum Gasteiger partial charge on any atom is -0.444 e. The van der Waals surface area contributed by atoms with Gasteiger partial charge in [0.1, 0.15) is 24.6 Å². The topological polar surface area (TPSA) is 89.0 Å². The molecule has 2 atom stereocenters. The van der Waals surface area contributed by atoms with E-state index in [1.165, 1.54) is 5.56 Å². The third-order valence-corrected chi connectivity index (χ3v) is 7.47. The second-order valence-corrected chi connectivity index (χ2v) is 9.21. The molecule has 34 heavy (non-hydrogen) atoms. The molecule has 9 heteroatoms. The van der Waals surface area contributed by atoms with Crippen LogP contribution in [0.2, 0.25) is 0 Å². The summed E-state index contributed by atoms with van der Waals surface area (Å²) >= 11 is 0. The smallest absolute Gasteiger partial charge is 0.257 e. The lowest BCUT2D eigenvalue weighted by Crippen LogP contribution is -2.50. The molecule has 9 nitrogen and oxygen atoms in total. The zero-order chi connectivity index (χ0) is 22.7. The number of hydrogen-bond donors (Lipinski definition) is 0. The first-order chi connectivity index (χ1) is 16.7. The Kier molecular flexibility index (Phi) is 4.29. The van der Waals surface area contributed by atoms with Crippen LogP contribution in [0.5, 0.6) is 0 Å². The van der Waals surface area contributed by atoms with E-state index in [1.54, 1.807) is 18.8 Å². The lowest BCUT2D eigenvalue weighted by molar-refractivity contribution is -0.140. The van der Waals surface area contributed by atoms with E-state index in [0.29, 0.717) is 37.5 Å². The summed E-state index contributed by atoms with van der Waals surface area (Å²) in [5, 5.41) is 4.45. The highest BCUT2D eigenvalue weighted by Crippen LogP contribution is 2.47. The molecule has 6 heterocycles. The molecule has 7 rings (SSSR count). The fourth-order valence-corrected chi connectivity index (χ4v) is 5.80. The number of pyridine rings is 1. The van der Waals surface area contributed by atoms with Crippen molar-refractivity contribution < 1.29 is 13.9 Å². The number of ether oxygens (including phenoxy) is 1. The zero-order valence-electron chi connectivity index (χ0n) is 18.6. The molecule has 0 saturated carbocycles. The minimum atomic E-state index is -0.728. The van der Waals surface area contributed by atoms with Crippen molar-refractivity contribution in [1.29, 1.82) is 0 Å². The summed E-state index contributed by atoms with van der Waals surface area (Å²) in [6.45, 7) is 1.41. The molecule has 3 aliphatic heterocycles. The molecule has 0 N–H and O–H groups in total.